The zero-order chi connectivity index (χ0) is 18.5. The van der Waals surface area contributed by atoms with E-state index in [-0.39, 0.29) is 11.6 Å². The molecule has 136 valence electrons. The number of ether oxygens (including phenoxy) is 1. The molecule has 2 aromatic carbocycles. The van der Waals surface area contributed by atoms with E-state index in [9.17, 15) is 9.59 Å². The first-order chi connectivity index (χ1) is 12.6. The molecule has 2 atom stereocenters. The molecule has 0 radical (unpaired) electrons. The fourth-order valence-electron chi connectivity index (χ4n) is 3.59. The van der Waals surface area contributed by atoms with Crippen LogP contribution >= 0.6 is 0 Å². The van der Waals surface area contributed by atoms with E-state index in [4.69, 9.17) is 4.74 Å². The lowest BCUT2D eigenvalue weighted by Gasteiger charge is -2.23. The minimum Gasteiger partial charge on any atom is -0.494 e. The Kier molecular flexibility index (Phi) is 5.87. The fraction of sp³-hybridized carbons (Fsp3) is 0.391. The Morgan fingerprint density at radius 2 is 1.62 bits per heavy atom. The number of ketones is 2. The van der Waals surface area contributed by atoms with E-state index >= 15 is 0 Å². The molecule has 1 fully saturated rings. The Morgan fingerprint density at radius 3 is 2.19 bits per heavy atom. The Morgan fingerprint density at radius 1 is 1.00 bits per heavy atom. The summed E-state index contributed by atoms with van der Waals surface area (Å²) < 4.78 is 5.47. The molecule has 26 heavy (non-hydrogen) atoms. The Hall–Kier alpha value is -2.42. The quantitative estimate of drug-likeness (QED) is 0.698. The molecule has 0 bridgehead atoms. The maximum Gasteiger partial charge on any atom is 0.147 e. The van der Waals surface area contributed by atoms with Crippen molar-refractivity contribution in [1.29, 1.82) is 0 Å². The van der Waals surface area contributed by atoms with Crippen molar-refractivity contribution in [2.75, 3.05) is 6.61 Å². The van der Waals surface area contributed by atoms with Crippen molar-refractivity contribution < 1.29 is 14.3 Å². The third-order valence-electron chi connectivity index (χ3n) is 5.11. The van der Waals surface area contributed by atoms with Crippen molar-refractivity contribution in [1.82, 2.24) is 0 Å². The maximum atomic E-state index is 12.5. The summed E-state index contributed by atoms with van der Waals surface area (Å²) in [7, 11) is 0. The molecular formula is C23H26O3. The molecule has 1 aliphatic carbocycles. The number of carbonyl (C=O) groups is 2. The van der Waals surface area contributed by atoms with Crippen LogP contribution in [0, 0.1) is 11.8 Å². The number of hydrogen-bond acceptors (Lipinski definition) is 3. The van der Waals surface area contributed by atoms with E-state index < -0.39 is 5.92 Å². The monoisotopic (exact) mass is 350 g/mol. The maximum absolute atomic E-state index is 12.5. The summed E-state index contributed by atoms with van der Waals surface area (Å²) in [4.78, 5) is 24.6. The normalized spacial score (nSPS) is 20.0. The second-order valence-corrected chi connectivity index (χ2v) is 7.20. The molecule has 0 spiro atoms. The molecule has 3 nitrogen and oxygen atoms in total. The van der Waals surface area contributed by atoms with Crippen LogP contribution in [0.1, 0.15) is 38.7 Å². The molecule has 3 heteroatoms. The van der Waals surface area contributed by atoms with Crippen molar-refractivity contribution in [2.24, 2.45) is 11.8 Å². The van der Waals surface area contributed by atoms with Crippen LogP contribution in [0.4, 0.5) is 0 Å². The standard InChI is InChI=1S/C23H26O3/c1-3-26-20-11-9-19(10-12-20)18-7-5-17(6-8-18)15-23(25)21-13-4-16(2)14-22(21)24/h5-12,16,21H,3-4,13-15H2,1-2H3. The minimum atomic E-state index is -0.392. The molecule has 0 aromatic heterocycles. The summed E-state index contributed by atoms with van der Waals surface area (Å²) >= 11 is 0. The third kappa shape index (κ3) is 4.40. The van der Waals surface area contributed by atoms with Gasteiger partial charge in [-0.3, -0.25) is 9.59 Å². The molecular weight excluding hydrogens is 324 g/mol. The van der Waals surface area contributed by atoms with Crippen LogP contribution in [0.5, 0.6) is 5.75 Å². The van der Waals surface area contributed by atoms with Gasteiger partial charge in [0.05, 0.1) is 12.5 Å². The van der Waals surface area contributed by atoms with Gasteiger partial charge in [0.15, 0.2) is 0 Å². The van der Waals surface area contributed by atoms with Gasteiger partial charge in [-0.2, -0.15) is 0 Å². The highest BCUT2D eigenvalue weighted by molar-refractivity contribution is 6.03. The molecule has 2 aromatic rings. The molecule has 0 aliphatic heterocycles. The highest BCUT2D eigenvalue weighted by Gasteiger charge is 2.31. The lowest BCUT2D eigenvalue weighted by Crippen LogP contribution is -2.31. The van der Waals surface area contributed by atoms with Gasteiger partial charge in [-0.05, 0) is 54.5 Å². The van der Waals surface area contributed by atoms with Crippen molar-refractivity contribution >= 4 is 11.6 Å². The summed E-state index contributed by atoms with van der Waals surface area (Å²) in [6.45, 7) is 4.71. The largest absolute Gasteiger partial charge is 0.494 e. The molecule has 3 rings (SSSR count). The Bertz CT molecular complexity index is 759. The smallest absolute Gasteiger partial charge is 0.147 e. The molecule has 0 amide bonds. The summed E-state index contributed by atoms with van der Waals surface area (Å²) in [6, 6.07) is 16.0. The average molecular weight is 350 g/mol. The molecule has 0 saturated heterocycles. The summed E-state index contributed by atoms with van der Waals surface area (Å²) in [6.07, 6.45) is 2.57. The number of benzene rings is 2. The van der Waals surface area contributed by atoms with Crippen LogP contribution in [-0.4, -0.2) is 18.2 Å². The molecule has 2 unspecified atom stereocenters. The van der Waals surface area contributed by atoms with E-state index in [1.807, 2.05) is 55.5 Å². The van der Waals surface area contributed by atoms with Crippen LogP contribution in [0.15, 0.2) is 48.5 Å². The second-order valence-electron chi connectivity index (χ2n) is 7.20. The van der Waals surface area contributed by atoms with Gasteiger partial charge in [-0.25, -0.2) is 0 Å². The van der Waals surface area contributed by atoms with Crippen LogP contribution in [0.25, 0.3) is 11.1 Å². The van der Waals surface area contributed by atoms with Crippen molar-refractivity contribution in [2.45, 2.75) is 39.5 Å². The fourth-order valence-corrected chi connectivity index (χ4v) is 3.59. The van der Waals surface area contributed by atoms with Gasteiger partial charge in [0.2, 0.25) is 0 Å². The molecule has 1 aliphatic rings. The van der Waals surface area contributed by atoms with Gasteiger partial charge in [0.1, 0.15) is 17.3 Å². The first-order valence-corrected chi connectivity index (χ1v) is 9.44. The minimum absolute atomic E-state index is 0.0655. The molecule has 0 N–H and O–H groups in total. The van der Waals surface area contributed by atoms with Gasteiger partial charge < -0.3 is 4.74 Å². The van der Waals surface area contributed by atoms with Crippen molar-refractivity contribution in [3.8, 4) is 16.9 Å². The number of rotatable bonds is 6. The van der Waals surface area contributed by atoms with E-state index in [0.717, 1.165) is 28.9 Å². The van der Waals surface area contributed by atoms with Crippen LogP contribution in [0.3, 0.4) is 0 Å². The highest BCUT2D eigenvalue weighted by atomic mass is 16.5. The molecule has 1 saturated carbocycles. The van der Waals surface area contributed by atoms with E-state index in [1.165, 1.54) is 0 Å². The van der Waals surface area contributed by atoms with Crippen molar-refractivity contribution in [3.63, 3.8) is 0 Å². The van der Waals surface area contributed by atoms with Gasteiger partial charge in [-0.15, -0.1) is 0 Å². The number of carbonyl (C=O) groups excluding carboxylic acids is 2. The lowest BCUT2D eigenvalue weighted by atomic mass is 9.78. The van der Waals surface area contributed by atoms with E-state index in [0.29, 0.717) is 31.8 Å². The summed E-state index contributed by atoms with van der Waals surface area (Å²) in [5, 5.41) is 0. The first-order valence-electron chi connectivity index (χ1n) is 9.44. The molecule has 0 heterocycles. The summed E-state index contributed by atoms with van der Waals surface area (Å²) in [5.74, 6) is 1.08. The lowest BCUT2D eigenvalue weighted by molar-refractivity contribution is -0.134. The SMILES string of the molecule is CCOc1ccc(-c2ccc(CC(=O)C3CCC(C)CC3=O)cc2)cc1. The van der Waals surface area contributed by atoms with Gasteiger partial charge >= 0.3 is 0 Å². The number of hydrogen-bond donors (Lipinski definition) is 0. The topological polar surface area (TPSA) is 43.4 Å². The average Bonchev–Trinajstić information content (AvgIpc) is 2.63. The summed E-state index contributed by atoms with van der Waals surface area (Å²) in [5.41, 5.74) is 3.19. The Balaban J connectivity index is 1.64. The predicted molar refractivity (Wildman–Crippen MR) is 103 cm³/mol. The van der Waals surface area contributed by atoms with Crippen LogP contribution < -0.4 is 4.74 Å². The van der Waals surface area contributed by atoms with Gasteiger partial charge in [0, 0.05) is 12.8 Å². The van der Waals surface area contributed by atoms with Crippen LogP contribution in [0.2, 0.25) is 0 Å². The third-order valence-corrected chi connectivity index (χ3v) is 5.11. The van der Waals surface area contributed by atoms with Crippen LogP contribution in [-0.2, 0) is 16.0 Å². The van der Waals surface area contributed by atoms with E-state index in [2.05, 4.69) is 6.92 Å². The number of Topliss-reactive ketones (excluding diaryl/α,β-unsaturated/α-hetero) is 2. The van der Waals surface area contributed by atoms with E-state index in [1.54, 1.807) is 0 Å². The first kappa shape index (κ1) is 18.4. The highest BCUT2D eigenvalue weighted by Crippen LogP contribution is 2.28. The zero-order valence-electron chi connectivity index (χ0n) is 15.5. The van der Waals surface area contributed by atoms with Gasteiger partial charge in [0.25, 0.3) is 0 Å². The van der Waals surface area contributed by atoms with Gasteiger partial charge in [-0.1, -0.05) is 43.3 Å². The second kappa shape index (κ2) is 8.31. The zero-order valence-corrected chi connectivity index (χ0v) is 15.5. The predicted octanol–water partition coefficient (Wildman–Crippen LogP) is 4.87. The Labute approximate surface area is 155 Å². The van der Waals surface area contributed by atoms with Crippen molar-refractivity contribution in [3.05, 3.63) is 54.1 Å².